The molecule has 1 heterocycles. The molecule has 3 aromatic rings. The van der Waals surface area contributed by atoms with E-state index in [1.807, 2.05) is 0 Å². The van der Waals surface area contributed by atoms with Crippen molar-refractivity contribution < 1.29 is 23.2 Å². The Morgan fingerprint density at radius 2 is 1.81 bits per heavy atom. The van der Waals surface area contributed by atoms with Crippen molar-refractivity contribution in [1.82, 2.24) is 15.0 Å². The highest BCUT2D eigenvalue weighted by atomic mass is 19.4. The smallest absolute Gasteiger partial charge is 0.416 e. The third-order valence-electron chi connectivity index (χ3n) is 3.90. The number of aromatic hydroxyl groups is 1. The number of non-ortho nitro benzene ring substituents is 1. The second-order valence-electron chi connectivity index (χ2n) is 6.13. The molecule has 3 rings (SSSR count). The molecule has 14 heteroatoms. The van der Waals surface area contributed by atoms with Crippen LogP contribution >= 0.6 is 0 Å². The molecule has 0 aliphatic carbocycles. The summed E-state index contributed by atoms with van der Waals surface area (Å²) in [5.41, 5.74) is 1.56. The van der Waals surface area contributed by atoms with Gasteiger partial charge in [-0.3, -0.25) is 10.1 Å². The minimum absolute atomic E-state index is 0.0666. The van der Waals surface area contributed by atoms with Crippen LogP contribution < -0.4 is 16.1 Å². The molecular weight excluding hydrogens is 433 g/mol. The van der Waals surface area contributed by atoms with Crippen LogP contribution in [0.2, 0.25) is 0 Å². The van der Waals surface area contributed by atoms with E-state index < -0.39 is 16.7 Å². The molecule has 0 unspecified atom stereocenters. The Bertz CT molecular complexity index is 1170. The molecule has 32 heavy (non-hydrogen) atoms. The van der Waals surface area contributed by atoms with Crippen LogP contribution in [0.4, 0.5) is 42.4 Å². The van der Waals surface area contributed by atoms with Gasteiger partial charge >= 0.3 is 6.18 Å². The molecule has 4 N–H and O–H groups in total. The fourth-order valence-corrected chi connectivity index (χ4v) is 2.41. The summed E-state index contributed by atoms with van der Waals surface area (Å²) in [6.45, 7) is 0. The Hall–Kier alpha value is -4.49. The first-order valence-electron chi connectivity index (χ1n) is 8.80. The summed E-state index contributed by atoms with van der Waals surface area (Å²) in [6, 6.07) is 7.89. The summed E-state index contributed by atoms with van der Waals surface area (Å²) in [7, 11) is 1.53. The number of phenols is 1. The Balaban J connectivity index is 1.81. The van der Waals surface area contributed by atoms with Crippen molar-refractivity contribution in [3.63, 3.8) is 0 Å². The van der Waals surface area contributed by atoms with Gasteiger partial charge in [0.15, 0.2) is 0 Å². The molecule has 2 aromatic carbocycles. The summed E-state index contributed by atoms with van der Waals surface area (Å²) in [5.74, 6) is -0.301. The van der Waals surface area contributed by atoms with Gasteiger partial charge < -0.3 is 15.7 Å². The Morgan fingerprint density at radius 3 is 2.50 bits per heavy atom. The molecule has 0 radical (unpaired) electrons. The Kier molecular flexibility index (Phi) is 6.32. The van der Waals surface area contributed by atoms with Gasteiger partial charge in [-0.05, 0) is 24.3 Å². The quantitative estimate of drug-likeness (QED) is 0.241. The molecule has 11 nitrogen and oxygen atoms in total. The summed E-state index contributed by atoms with van der Waals surface area (Å²) < 4.78 is 38.7. The highest BCUT2D eigenvalue weighted by molar-refractivity contribution is 5.84. The zero-order valence-corrected chi connectivity index (χ0v) is 16.3. The normalized spacial score (nSPS) is 11.4. The van der Waals surface area contributed by atoms with Crippen LogP contribution in [-0.2, 0) is 6.18 Å². The molecule has 0 amide bonds. The van der Waals surface area contributed by atoms with E-state index in [1.165, 1.54) is 19.2 Å². The number of phenolic OH excluding ortho intramolecular Hbond substituents is 1. The second-order valence-corrected chi connectivity index (χ2v) is 6.13. The summed E-state index contributed by atoms with van der Waals surface area (Å²) in [5, 5.41) is 29.8. The van der Waals surface area contributed by atoms with Crippen molar-refractivity contribution in [2.75, 3.05) is 23.1 Å². The number of nitro benzene ring substituents is 1. The van der Waals surface area contributed by atoms with Crippen molar-refractivity contribution in [3.8, 4) is 5.75 Å². The van der Waals surface area contributed by atoms with E-state index in [2.05, 4.69) is 36.1 Å². The van der Waals surface area contributed by atoms with E-state index >= 15 is 0 Å². The summed E-state index contributed by atoms with van der Waals surface area (Å²) in [6.07, 6.45) is -3.39. The third kappa shape index (κ3) is 5.56. The molecule has 166 valence electrons. The van der Waals surface area contributed by atoms with Crippen molar-refractivity contribution >= 4 is 35.4 Å². The van der Waals surface area contributed by atoms with Crippen molar-refractivity contribution in [3.05, 3.63) is 63.7 Å². The molecular formula is C18H15F3N8O3. The molecule has 1 aromatic heterocycles. The molecule has 0 saturated heterocycles. The number of anilines is 4. The molecule has 0 fully saturated rings. The Morgan fingerprint density at radius 1 is 1.09 bits per heavy atom. The largest absolute Gasteiger partial charge is 0.507 e. The van der Waals surface area contributed by atoms with Gasteiger partial charge in [0.25, 0.3) is 5.69 Å². The topological polar surface area (TPSA) is 150 Å². The van der Waals surface area contributed by atoms with Gasteiger partial charge in [-0.25, -0.2) is 5.43 Å². The maximum Gasteiger partial charge on any atom is 0.416 e. The van der Waals surface area contributed by atoms with Crippen LogP contribution in [0, 0.1) is 10.1 Å². The number of hydrogen-bond acceptors (Lipinski definition) is 10. The number of halogens is 3. The molecule has 0 bridgehead atoms. The first-order valence-corrected chi connectivity index (χ1v) is 8.80. The zero-order chi connectivity index (χ0) is 23.3. The van der Waals surface area contributed by atoms with E-state index in [4.69, 9.17) is 0 Å². The SMILES string of the molecule is CNc1nc(N/N=C/c2cc([N+](=O)[O-])ccc2O)nc(Nc2cccc(C(F)(F)F)c2)n1. The lowest BCUT2D eigenvalue weighted by Gasteiger charge is -2.11. The first-order chi connectivity index (χ1) is 15.2. The van der Waals surface area contributed by atoms with Gasteiger partial charge in [0.05, 0.1) is 16.7 Å². The number of nitro groups is 1. The van der Waals surface area contributed by atoms with Crippen LogP contribution in [0.15, 0.2) is 47.6 Å². The summed E-state index contributed by atoms with van der Waals surface area (Å²) in [4.78, 5) is 22.3. The zero-order valence-electron chi connectivity index (χ0n) is 16.3. The maximum absolute atomic E-state index is 12.9. The van der Waals surface area contributed by atoms with Crippen LogP contribution in [0.5, 0.6) is 5.75 Å². The van der Waals surface area contributed by atoms with Gasteiger partial charge in [-0.15, -0.1) is 0 Å². The average Bonchev–Trinajstić information content (AvgIpc) is 2.74. The molecule has 0 atom stereocenters. The molecule has 0 spiro atoms. The van der Waals surface area contributed by atoms with E-state index in [-0.39, 0.29) is 40.5 Å². The lowest BCUT2D eigenvalue weighted by molar-refractivity contribution is -0.384. The maximum atomic E-state index is 12.9. The number of alkyl halides is 3. The van der Waals surface area contributed by atoms with E-state index in [9.17, 15) is 28.4 Å². The highest BCUT2D eigenvalue weighted by Crippen LogP contribution is 2.31. The molecule has 0 saturated carbocycles. The van der Waals surface area contributed by atoms with Crippen molar-refractivity contribution in [2.45, 2.75) is 6.18 Å². The number of hydrogen-bond donors (Lipinski definition) is 4. The third-order valence-corrected chi connectivity index (χ3v) is 3.90. The number of rotatable bonds is 7. The molecule has 0 aliphatic heterocycles. The second kappa shape index (κ2) is 9.11. The standard InChI is InChI=1S/C18H15F3N8O3/c1-22-15-25-16(24-12-4-2-3-11(8-12)18(19,20)21)27-17(26-15)28-23-9-10-7-13(29(31)32)5-6-14(10)30/h2-9,30H,1H3,(H3,22,24,25,26,27,28)/b23-9+. The number of aromatic nitrogens is 3. The number of nitrogens with one attached hydrogen (secondary N) is 3. The van der Waals surface area contributed by atoms with Crippen LogP contribution in [0.25, 0.3) is 0 Å². The number of hydrazone groups is 1. The van der Waals surface area contributed by atoms with Crippen LogP contribution in [-0.4, -0.2) is 38.2 Å². The van der Waals surface area contributed by atoms with Crippen molar-refractivity contribution in [2.24, 2.45) is 5.10 Å². The van der Waals surface area contributed by atoms with Gasteiger partial charge in [0.1, 0.15) is 5.75 Å². The van der Waals surface area contributed by atoms with Crippen LogP contribution in [0.3, 0.4) is 0 Å². The number of benzene rings is 2. The lowest BCUT2D eigenvalue weighted by atomic mass is 10.2. The van der Waals surface area contributed by atoms with Crippen molar-refractivity contribution in [1.29, 1.82) is 0 Å². The average molecular weight is 448 g/mol. The van der Waals surface area contributed by atoms with Gasteiger partial charge in [0, 0.05) is 30.4 Å². The molecule has 0 aliphatic rings. The van der Waals surface area contributed by atoms with E-state index in [1.54, 1.807) is 0 Å². The fourth-order valence-electron chi connectivity index (χ4n) is 2.41. The first kappa shape index (κ1) is 22.2. The lowest BCUT2D eigenvalue weighted by Crippen LogP contribution is -2.08. The minimum Gasteiger partial charge on any atom is -0.507 e. The highest BCUT2D eigenvalue weighted by Gasteiger charge is 2.30. The Labute approximate surface area is 178 Å². The minimum atomic E-state index is -4.51. The van der Waals surface area contributed by atoms with Crippen LogP contribution in [0.1, 0.15) is 11.1 Å². The van der Waals surface area contributed by atoms with E-state index in [0.29, 0.717) is 0 Å². The predicted molar refractivity (Wildman–Crippen MR) is 110 cm³/mol. The van der Waals surface area contributed by atoms with Gasteiger partial charge in [-0.2, -0.15) is 33.2 Å². The van der Waals surface area contributed by atoms with Gasteiger partial charge in [0.2, 0.25) is 17.8 Å². The monoisotopic (exact) mass is 448 g/mol. The fraction of sp³-hybridized carbons (Fsp3) is 0.111. The van der Waals surface area contributed by atoms with Gasteiger partial charge in [-0.1, -0.05) is 6.07 Å². The predicted octanol–water partition coefficient (Wildman–Crippen LogP) is 3.74. The number of nitrogens with zero attached hydrogens (tertiary/aromatic N) is 5. The summed E-state index contributed by atoms with van der Waals surface area (Å²) >= 11 is 0. The van der Waals surface area contributed by atoms with E-state index in [0.717, 1.165) is 36.5 Å².